The molecule has 0 atom stereocenters. The van der Waals surface area contributed by atoms with Gasteiger partial charge in [-0.05, 0) is 24.1 Å². The average Bonchev–Trinajstić information content (AvgIpc) is 2.93. The fourth-order valence-corrected chi connectivity index (χ4v) is 1.71. The summed E-state index contributed by atoms with van der Waals surface area (Å²) < 4.78 is 25.7. The molecule has 0 radical (unpaired) electrons. The van der Waals surface area contributed by atoms with E-state index in [0.29, 0.717) is 30.8 Å². The minimum absolute atomic E-state index is 0.144. The number of benzene rings is 1. The lowest BCUT2D eigenvalue weighted by atomic mass is 10.1. The van der Waals surface area contributed by atoms with Crippen LogP contribution in [0.4, 0.5) is 8.78 Å². The smallest absolute Gasteiger partial charge is 0.220 e. The van der Waals surface area contributed by atoms with E-state index in [2.05, 4.69) is 20.5 Å². The fraction of sp³-hybridized carbons (Fsp3) is 0.308. The van der Waals surface area contributed by atoms with Crippen molar-refractivity contribution in [2.75, 3.05) is 6.54 Å². The van der Waals surface area contributed by atoms with E-state index >= 15 is 0 Å². The standard InChI is InChI=1S/C13H14F2N4O/c14-10-3-1-9(7-11(10)15)2-4-13(20)16-6-5-12-17-8-18-19-12/h1,3,7-8H,2,4-6H2,(H,16,20)(H,17,18,19). The molecule has 1 aromatic carbocycles. The van der Waals surface area contributed by atoms with Gasteiger partial charge in [0, 0.05) is 19.4 Å². The van der Waals surface area contributed by atoms with Gasteiger partial charge in [0.1, 0.15) is 12.2 Å². The highest BCUT2D eigenvalue weighted by atomic mass is 19.2. The van der Waals surface area contributed by atoms with Crippen molar-refractivity contribution in [3.63, 3.8) is 0 Å². The highest BCUT2D eigenvalue weighted by Crippen LogP contribution is 2.10. The molecule has 5 nitrogen and oxygen atoms in total. The van der Waals surface area contributed by atoms with Crippen molar-refractivity contribution in [2.24, 2.45) is 0 Å². The van der Waals surface area contributed by atoms with Gasteiger partial charge >= 0.3 is 0 Å². The number of H-pyrrole nitrogens is 1. The minimum Gasteiger partial charge on any atom is -0.356 e. The SMILES string of the molecule is O=C(CCc1ccc(F)c(F)c1)NCCc1ncn[nH]1. The monoisotopic (exact) mass is 280 g/mol. The Balaban J connectivity index is 1.70. The van der Waals surface area contributed by atoms with Crippen molar-refractivity contribution in [2.45, 2.75) is 19.3 Å². The number of nitrogens with one attached hydrogen (secondary N) is 2. The van der Waals surface area contributed by atoms with Crippen molar-refractivity contribution >= 4 is 5.91 Å². The Morgan fingerprint density at radius 3 is 2.80 bits per heavy atom. The molecular weight excluding hydrogens is 266 g/mol. The Morgan fingerprint density at radius 2 is 2.10 bits per heavy atom. The van der Waals surface area contributed by atoms with E-state index in [1.165, 1.54) is 12.4 Å². The van der Waals surface area contributed by atoms with Gasteiger partial charge in [0.15, 0.2) is 11.6 Å². The van der Waals surface area contributed by atoms with Crippen LogP contribution in [-0.2, 0) is 17.6 Å². The number of aromatic amines is 1. The lowest BCUT2D eigenvalue weighted by Crippen LogP contribution is -2.26. The Hall–Kier alpha value is -2.31. The summed E-state index contributed by atoms with van der Waals surface area (Å²) in [5.41, 5.74) is 0.592. The van der Waals surface area contributed by atoms with E-state index in [9.17, 15) is 13.6 Å². The van der Waals surface area contributed by atoms with E-state index in [-0.39, 0.29) is 12.3 Å². The number of carbonyl (C=O) groups excluding carboxylic acids is 1. The minimum atomic E-state index is -0.895. The van der Waals surface area contributed by atoms with Crippen LogP contribution in [0.3, 0.4) is 0 Å². The molecule has 2 aromatic rings. The molecule has 0 unspecified atom stereocenters. The van der Waals surface area contributed by atoms with Crippen molar-refractivity contribution in [1.82, 2.24) is 20.5 Å². The number of nitrogens with zero attached hydrogens (tertiary/aromatic N) is 2. The Morgan fingerprint density at radius 1 is 1.25 bits per heavy atom. The topological polar surface area (TPSA) is 70.7 Å². The molecular formula is C13H14F2N4O. The molecule has 0 saturated carbocycles. The maximum Gasteiger partial charge on any atom is 0.220 e. The molecule has 1 aromatic heterocycles. The summed E-state index contributed by atoms with van der Waals surface area (Å²) in [6.07, 6.45) is 2.56. The number of amides is 1. The Labute approximate surface area is 114 Å². The number of hydrogen-bond donors (Lipinski definition) is 2. The quantitative estimate of drug-likeness (QED) is 0.839. The van der Waals surface area contributed by atoms with E-state index in [1.807, 2.05) is 0 Å². The normalized spacial score (nSPS) is 10.5. The van der Waals surface area contributed by atoms with E-state index in [1.54, 1.807) is 0 Å². The second-order valence-electron chi connectivity index (χ2n) is 4.28. The number of aromatic nitrogens is 3. The second kappa shape index (κ2) is 6.74. The van der Waals surface area contributed by atoms with Crippen LogP contribution in [0, 0.1) is 11.6 Å². The Kier molecular flexibility index (Phi) is 4.75. The van der Waals surface area contributed by atoms with Gasteiger partial charge in [0.05, 0.1) is 0 Å². The molecule has 0 aliphatic heterocycles. The van der Waals surface area contributed by atoms with Crippen molar-refractivity contribution < 1.29 is 13.6 Å². The molecule has 2 rings (SSSR count). The molecule has 2 N–H and O–H groups in total. The molecule has 0 saturated heterocycles. The zero-order valence-electron chi connectivity index (χ0n) is 10.7. The van der Waals surface area contributed by atoms with Gasteiger partial charge in [-0.3, -0.25) is 9.89 Å². The third-order valence-electron chi connectivity index (χ3n) is 2.77. The number of hydrogen-bond acceptors (Lipinski definition) is 3. The zero-order chi connectivity index (χ0) is 14.4. The van der Waals surface area contributed by atoms with E-state index < -0.39 is 11.6 Å². The molecule has 0 bridgehead atoms. The summed E-state index contributed by atoms with van der Waals surface area (Å²) in [6, 6.07) is 3.64. The summed E-state index contributed by atoms with van der Waals surface area (Å²) in [4.78, 5) is 15.5. The van der Waals surface area contributed by atoms with Gasteiger partial charge < -0.3 is 5.32 Å². The van der Waals surface area contributed by atoms with Gasteiger partial charge in [-0.15, -0.1) is 0 Å². The largest absolute Gasteiger partial charge is 0.356 e. The number of aryl methyl sites for hydroxylation is 1. The molecule has 0 spiro atoms. The molecule has 1 amide bonds. The molecule has 7 heteroatoms. The predicted octanol–water partition coefficient (Wildman–Crippen LogP) is 1.37. The Bertz CT molecular complexity index is 572. The van der Waals surface area contributed by atoms with Gasteiger partial charge in [-0.25, -0.2) is 13.8 Å². The number of halogens is 2. The molecule has 106 valence electrons. The third kappa shape index (κ3) is 4.11. The lowest BCUT2D eigenvalue weighted by Gasteiger charge is -2.04. The van der Waals surface area contributed by atoms with Crippen molar-refractivity contribution in [3.8, 4) is 0 Å². The lowest BCUT2D eigenvalue weighted by molar-refractivity contribution is -0.121. The van der Waals surface area contributed by atoms with Gasteiger partial charge in [-0.2, -0.15) is 5.10 Å². The van der Waals surface area contributed by atoms with Crippen LogP contribution >= 0.6 is 0 Å². The first-order chi connectivity index (χ1) is 9.65. The van der Waals surface area contributed by atoms with Crippen molar-refractivity contribution in [1.29, 1.82) is 0 Å². The highest BCUT2D eigenvalue weighted by molar-refractivity contribution is 5.76. The van der Waals surface area contributed by atoms with Crippen LogP contribution in [0.15, 0.2) is 24.5 Å². The summed E-state index contributed by atoms with van der Waals surface area (Å²) in [6.45, 7) is 0.450. The van der Waals surface area contributed by atoms with E-state index in [0.717, 1.165) is 12.1 Å². The summed E-state index contributed by atoms with van der Waals surface area (Å²) in [5, 5.41) is 9.11. The second-order valence-corrected chi connectivity index (χ2v) is 4.28. The van der Waals surface area contributed by atoms with Crippen molar-refractivity contribution in [3.05, 3.63) is 47.5 Å². The van der Waals surface area contributed by atoms with Gasteiger partial charge in [0.25, 0.3) is 0 Å². The van der Waals surface area contributed by atoms with Crippen LogP contribution in [0.2, 0.25) is 0 Å². The maximum atomic E-state index is 13.0. The number of carbonyl (C=O) groups is 1. The molecule has 0 aliphatic rings. The van der Waals surface area contributed by atoms with Gasteiger partial charge in [-0.1, -0.05) is 6.07 Å². The first kappa shape index (κ1) is 14.1. The molecule has 20 heavy (non-hydrogen) atoms. The third-order valence-corrected chi connectivity index (χ3v) is 2.77. The molecule has 0 fully saturated rings. The van der Waals surface area contributed by atoms with Crippen LogP contribution in [-0.4, -0.2) is 27.6 Å². The van der Waals surface area contributed by atoms with Gasteiger partial charge in [0.2, 0.25) is 5.91 Å². The van der Waals surface area contributed by atoms with Crippen LogP contribution in [0.25, 0.3) is 0 Å². The first-order valence-electron chi connectivity index (χ1n) is 6.20. The average molecular weight is 280 g/mol. The summed E-state index contributed by atoms with van der Waals surface area (Å²) >= 11 is 0. The summed E-state index contributed by atoms with van der Waals surface area (Å²) in [5.74, 6) is -1.22. The van der Waals surface area contributed by atoms with Crippen LogP contribution in [0.1, 0.15) is 17.8 Å². The highest BCUT2D eigenvalue weighted by Gasteiger charge is 2.06. The van der Waals surface area contributed by atoms with E-state index in [4.69, 9.17) is 0 Å². The zero-order valence-corrected chi connectivity index (χ0v) is 10.7. The molecule has 1 heterocycles. The molecule has 0 aliphatic carbocycles. The first-order valence-corrected chi connectivity index (χ1v) is 6.20. The number of rotatable bonds is 6. The summed E-state index contributed by atoms with van der Waals surface area (Å²) in [7, 11) is 0. The van der Waals surface area contributed by atoms with Crippen LogP contribution in [0.5, 0.6) is 0 Å². The van der Waals surface area contributed by atoms with Crippen LogP contribution < -0.4 is 5.32 Å². The maximum absolute atomic E-state index is 13.0. The fourth-order valence-electron chi connectivity index (χ4n) is 1.71. The predicted molar refractivity (Wildman–Crippen MR) is 67.8 cm³/mol.